The first-order valence-electron chi connectivity index (χ1n) is 11.6. The second-order valence-corrected chi connectivity index (χ2v) is 10.4. The average molecular weight is 524 g/mol. The summed E-state index contributed by atoms with van der Waals surface area (Å²) in [6.45, 7) is 0. The molecule has 2 aromatic rings. The molecule has 0 saturated heterocycles. The van der Waals surface area contributed by atoms with Crippen LogP contribution in [0.25, 0.3) is 0 Å². The van der Waals surface area contributed by atoms with Gasteiger partial charge >= 0.3 is 0 Å². The molecule has 0 aromatic heterocycles. The Hall–Kier alpha value is -3.73. The maximum absolute atomic E-state index is 13.9. The lowest BCUT2D eigenvalue weighted by molar-refractivity contribution is -0.125. The minimum absolute atomic E-state index is 0.214. The highest BCUT2D eigenvalue weighted by Crippen LogP contribution is 2.63. The Bertz CT molecular complexity index is 1380. The maximum Gasteiger partial charge on any atom is 0.238 e. The molecule has 7 heteroatoms. The average Bonchev–Trinajstić information content (AvgIpc) is 3.17. The van der Waals surface area contributed by atoms with Crippen LogP contribution in [0.3, 0.4) is 0 Å². The van der Waals surface area contributed by atoms with Crippen LogP contribution in [-0.2, 0) is 16.6 Å². The van der Waals surface area contributed by atoms with Crippen LogP contribution in [0, 0.1) is 62.6 Å². The monoisotopic (exact) mass is 523 g/mol. The van der Waals surface area contributed by atoms with Gasteiger partial charge < -0.3 is 10.7 Å². The molecule has 4 atom stereocenters. The van der Waals surface area contributed by atoms with Gasteiger partial charge in [0.15, 0.2) is 0 Å². The molecule has 1 amide bonds. The number of hydrogen-bond donors (Lipinski definition) is 2. The maximum atomic E-state index is 13.9. The number of fused-ring (bicyclic) bond motifs is 4. The second-order valence-electron chi connectivity index (χ2n) is 9.52. The zero-order valence-corrected chi connectivity index (χ0v) is 20.5. The summed E-state index contributed by atoms with van der Waals surface area (Å²) in [6, 6.07) is 21.8. The van der Waals surface area contributed by atoms with Gasteiger partial charge in [-0.2, -0.15) is 15.8 Å². The lowest BCUT2D eigenvalue weighted by atomic mass is 9.44. The summed E-state index contributed by atoms with van der Waals surface area (Å²) < 4.78 is 0.716. The first-order chi connectivity index (χ1) is 16.9. The van der Waals surface area contributed by atoms with Gasteiger partial charge in [-0.3, -0.25) is 4.79 Å². The summed E-state index contributed by atoms with van der Waals surface area (Å²) >= 11 is 3.48. The van der Waals surface area contributed by atoms with Gasteiger partial charge in [-0.1, -0.05) is 52.3 Å². The Morgan fingerprint density at radius 3 is 2.54 bits per heavy atom. The number of nitriles is 3. The number of nitrogens with zero attached hydrogens (tertiary/aromatic N) is 3. The van der Waals surface area contributed by atoms with Crippen molar-refractivity contribution >= 4 is 33.2 Å². The van der Waals surface area contributed by atoms with Crippen molar-refractivity contribution in [2.75, 3.05) is 5.32 Å². The van der Waals surface area contributed by atoms with Crippen LogP contribution in [-0.4, -0.2) is 11.6 Å². The molecule has 1 saturated carbocycles. The number of amides is 1. The summed E-state index contributed by atoms with van der Waals surface area (Å²) in [7, 11) is 0. The largest absolute Gasteiger partial charge is 0.325 e. The Kier molecular flexibility index (Phi) is 5.59. The third kappa shape index (κ3) is 3.10. The molecule has 0 bridgehead atoms. The number of hydrogen-bond acceptors (Lipinski definition) is 5. The summed E-state index contributed by atoms with van der Waals surface area (Å²) in [6.07, 6.45) is 5.06. The Labute approximate surface area is 212 Å². The van der Waals surface area contributed by atoms with E-state index in [9.17, 15) is 20.6 Å². The molecule has 172 valence electrons. The highest BCUT2D eigenvalue weighted by molar-refractivity contribution is 9.10. The fourth-order valence-corrected chi connectivity index (χ4v) is 6.70. The van der Waals surface area contributed by atoms with E-state index < -0.39 is 28.6 Å². The number of carbonyl (C=O) groups is 1. The van der Waals surface area contributed by atoms with E-state index in [1.54, 1.807) is 18.2 Å². The van der Waals surface area contributed by atoms with Gasteiger partial charge in [-0.05, 0) is 66.5 Å². The van der Waals surface area contributed by atoms with Crippen LogP contribution in [0.2, 0.25) is 0 Å². The lowest BCUT2D eigenvalue weighted by Crippen LogP contribution is -2.64. The van der Waals surface area contributed by atoms with Crippen molar-refractivity contribution in [3.8, 4) is 18.2 Å². The van der Waals surface area contributed by atoms with Gasteiger partial charge in [0.2, 0.25) is 11.3 Å². The summed E-state index contributed by atoms with van der Waals surface area (Å²) in [5.74, 6) is -1.77. The smallest absolute Gasteiger partial charge is 0.238 e. The highest BCUT2D eigenvalue weighted by Gasteiger charge is 2.73. The Balaban J connectivity index is 1.68. The standard InChI is InChI=1S/C28H22BrN5O/c29-19-9-11-24-23(13-19)28(26(35)34-24)22-12-18(7-6-17-4-2-1-3-5-17)8-10-20(22)21(14-30)25(33)27(28,15-31)16-32/h1-5,9-11,13,18,21-22,33H,6-8,12H2,(H,34,35)/t18-,21?,22+,28+/m1/s1. The number of aryl methyl sites for hydroxylation is 1. The zero-order chi connectivity index (χ0) is 24.8. The Morgan fingerprint density at radius 2 is 1.86 bits per heavy atom. The molecule has 2 aromatic carbocycles. The summed E-state index contributed by atoms with van der Waals surface area (Å²) in [4.78, 5) is 13.9. The molecule has 5 rings (SSSR count). The first kappa shape index (κ1) is 23.0. The second kappa shape index (κ2) is 8.49. The third-order valence-electron chi connectivity index (χ3n) is 7.96. The van der Waals surface area contributed by atoms with Crippen molar-refractivity contribution in [1.29, 1.82) is 21.2 Å². The molecule has 1 spiro atoms. The SMILES string of the molecule is N#CC1C(=N)C(C#N)(C#N)[C@@]2(C(=O)Nc3ccc(Br)cc32)[C@H]2C[C@H](CCc3ccccc3)CC=C12. The van der Waals surface area contributed by atoms with E-state index in [2.05, 4.69) is 51.6 Å². The predicted octanol–water partition coefficient (Wildman–Crippen LogP) is 5.43. The Morgan fingerprint density at radius 1 is 1.11 bits per heavy atom. The van der Waals surface area contributed by atoms with E-state index in [0.717, 1.165) is 19.3 Å². The molecule has 6 nitrogen and oxygen atoms in total. The lowest BCUT2D eigenvalue weighted by Gasteiger charge is -2.52. The van der Waals surface area contributed by atoms with Crippen molar-refractivity contribution in [2.24, 2.45) is 23.2 Å². The number of nitrogens with one attached hydrogen (secondary N) is 2. The van der Waals surface area contributed by atoms with Gasteiger partial charge in [-0.15, -0.1) is 0 Å². The van der Waals surface area contributed by atoms with Crippen molar-refractivity contribution < 1.29 is 4.79 Å². The number of anilines is 1. The van der Waals surface area contributed by atoms with Gasteiger partial charge in [0.1, 0.15) is 11.3 Å². The number of allylic oxidation sites excluding steroid dienone is 2. The highest BCUT2D eigenvalue weighted by atomic mass is 79.9. The number of halogens is 1. The topological polar surface area (TPSA) is 124 Å². The van der Waals surface area contributed by atoms with E-state index in [-0.39, 0.29) is 11.6 Å². The number of carbonyl (C=O) groups excluding carboxylic acids is 1. The molecule has 1 unspecified atom stereocenters. The molecular formula is C28H22BrN5O. The molecule has 35 heavy (non-hydrogen) atoms. The van der Waals surface area contributed by atoms with E-state index in [4.69, 9.17) is 5.41 Å². The van der Waals surface area contributed by atoms with E-state index in [0.29, 0.717) is 27.7 Å². The van der Waals surface area contributed by atoms with Gasteiger partial charge in [0.05, 0.1) is 23.9 Å². The number of rotatable bonds is 3. The van der Waals surface area contributed by atoms with Crippen molar-refractivity contribution in [3.63, 3.8) is 0 Å². The minimum atomic E-state index is -2.09. The van der Waals surface area contributed by atoms with Gasteiger partial charge in [-0.25, -0.2) is 0 Å². The molecule has 1 aliphatic heterocycles. The van der Waals surface area contributed by atoms with E-state index >= 15 is 0 Å². The van der Waals surface area contributed by atoms with Crippen LogP contribution in [0.1, 0.15) is 30.4 Å². The molecular weight excluding hydrogens is 502 g/mol. The van der Waals surface area contributed by atoms with Crippen LogP contribution in [0.4, 0.5) is 5.69 Å². The van der Waals surface area contributed by atoms with Crippen LogP contribution in [0.15, 0.2) is 64.7 Å². The molecule has 1 heterocycles. The molecule has 3 aliphatic rings. The summed E-state index contributed by atoms with van der Waals surface area (Å²) in [5, 5.41) is 42.7. The fourth-order valence-electron chi connectivity index (χ4n) is 6.34. The third-order valence-corrected chi connectivity index (χ3v) is 8.45. The zero-order valence-electron chi connectivity index (χ0n) is 18.9. The molecule has 2 N–H and O–H groups in total. The number of benzene rings is 2. The molecule has 2 aliphatic carbocycles. The predicted molar refractivity (Wildman–Crippen MR) is 134 cm³/mol. The molecule has 1 fully saturated rings. The van der Waals surface area contributed by atoms with E-state index in [1.807, 2.05) is 24.3 Å². The van der Waals surface area contributed by atoms with Crippen molar-refractivity contribution in [3.05, 3.63) is 75.8 Å². The van der Waals surface area contributed by atoms with Crippen LogP contribution in [0.5, 0.6) is 0 Å². The van der Waals surface area contributed by atoms with Crippen molar-refractivity contribution in [2.45, 2.75) is 31.1 Å². The van der Waals surface area contributed by atoms with Gasteiger partial charge in [0.25, 0.3) is 0 Å². The van der Waals surface area contributed by atoms with Crippen molar-refractivity contribution in [1.82, 2.24) is 0 Å². The van der Waals surface area contributed by atoms with E-state index in [1.165, 1.54) is 5.56 Å². The molecule has 0 radical (unpaired) electrons. The van der Waals surface area contributed by atoms with Gasteiger partial charge in [0, 0.05) is 16.1 Å². The van der Waals surface area contributed by atoms with Crippen LogP contribution < -0.4 is 5.32 Å². The minimum Gasteiger partial charge on any atom is -0.325 e. The summed E-state index contributed by atoms with van der Waals surface area (Å²) in [5.41, 5.74) is -0.989. The fraction of sp³-hybridized carbons (Fsp3) is 0.321. The van der Waals surface area contributed by atoms with Crippen LogP contribution >= 0.6 is 15.9 Å². The quantitative estimate of drug-likeness (QED) is 0.520. The first-order valence-corrected chi connectivity index (χ1v) is 12.4. The normalized spacial score (nSPS) is 28.1.